The minimum absolute atomic E-state index is 0.0765. The van der Waals surface area contributed by atoms with Crippen molar-refractivity contribution in [1.82, 2.24) is 5.32 Å². The number of halogens is 1. The molecule has 0 spiro atoms. The lowest BCUT2D eigenvalue weighted by Gasteiger charge is -2.27. The van der Waals surface area contributed by atoms with E-state index in [0.717, 1.165) is 18.4 Å². The third kappa shape index (κ3) is 3.01. The summed E-state index contributed by atoms with van der Waals surface area (Å²) in [6.07, 6.45) is 0.960. The number of aliphatic hydroxyl groups excluding tert-OH is 1. The van der Waals surface area contributed by atoms with E-state index in [-0.39, 0.29) is 23.7 Å². The van der Waals surface area contributed by atoms with Crippen LogP contribution in [-0.2, 0) is 10.2 Å². The molecule has 0 radical (unpaired) electrons. The average Bonchev–Trinajstić information content (AvgIpc) is 3.16. The van der Waals surface area contributed by atoms with E-state index >= 15 is 0 Å². The summed E-state index contributed by atoms with van der Waals surface area (Å²) in [7, 11) is 0. The van der Waals surface area contributed by atoms with Crippen molar-refractivity contribution in [2.24, 2.45) is 5.41 Å². The fraction of sp³-hybridized carbons (Fsp3) is 0.562. The molecule has 3 nitrogen and oxygen atoms in total. The Morgan fingerprint density at radius 1 is 1.35 bits per heavy atom. The van der Waals surface area contributed by atoms with E-state index in [1.807, 2.05) is 20.8 Å². The third-order valence-corrected chi connectivity index (χ3v) is 4.04. The van der Waals surface area contributed by atoms with E-state index in [9.17, 15) is 14.3 Å². The zero-order valence-corrected chi connectivity index (χ0v) is 12.2. The summed E-state index contributed by atoms with van der Waals surface area (Å²) in [6, 6.07) is 6.10. The average molecular weight is 279 g/mol. The van der Waals surface area contributed by atoms with Crippen LogP contribution in [0.3, 0.4) is 0 Å². The summed E-state index contributed by atoms with van der Waals surface area (Å²) in [4.78, 5) is 12.3. The van der Waals surface area contributed by atoms with Crippen LogP contribution in [-0.4, -0.2) is 23.7 Å². The second kappa shape index (κ2) is 5.17. The Labute approximate surface area is 119 Å². The normalized spacial score (nSPS) is 18.4. The molecule has 1 fully saturated rings. The fourth-order valence-electron chi connectivity index (χ4n) is 2.21. The van der Waals surface area contributed by atoms with Gasteiger partial charge in [-0.3, -0.25) is 4.79 Å². The van der Waals surface area contributed by atoms with Gasteiger partial charge in [0, 0.05) is 6.54 Å². The van der Waals surface area contributed by atoms with Crippen molar-refractivity contribution in [2.45, 2.75) is 45.1 Å². The largest absolute Gasteiger partial charge is 0.391 e. The van der Waals surface area contributed by atoms with Crippen molar-refractivity contribution in [3.8, 4) is 0 Å². The third-order valence-electron chi connectivity index (χ3n) is 4.04. The highest BCUT2D eigenvalue weighted by Gasteiger charge is 2.51. The number of aliphatic hydroxyl groups is 1. The molecule has 1 amide bonds. The Hall–Kier alpha value is -1.42. The molecule has 2 N–H and O–H groups in total. The first-order valence-corrected chi connectivity index (χ1v) is 6.98. The van der Waals surface area contributed by atoms with Gasteiger partial charge in [0.1, 0.15) is 5.82 Å². The summed E-state index contributed by atoms with van der Waals surface area (Å²) < 4.78 is 12.9. The molecule has 0 aromatic heterocycles. The predicted molar refractivity (Wildman–Crippen MR) is 75.8 cm³/mol. The molecule has 0 heterocycles. The van der Waals surface area contributed by atoms with Crippen molar-refractivity contribution >= 4 is 5.91 Å². The minimum atomic E-state index is -0.588. The Bertz CT molecular complexity index is 486. The lowest BCUT2D eigenvalue weighted by molar-refractivity contribution is -0.124. The summed E-state index contributed by atoms with van der Waals surface area (Å²) in [5.41, 5.74) is 0.0622. The molecule has 110 valence electrons. The van der Waals surface area contributed by atoms with Crippen LogP contribution in [0.2, 0.25) is 0 Å². The summed E-state index contributed by atoms with van der Waals surface area (Å²) in [5, 5.41) is 12.8. The highest BCUT2D eigenvalue weighted by molar-refractivity contribution is 5.91. The highest BCUT2D eigenvalue weighted by atomic mass is 19.1. The van der Waals surface area contributed by atoms with Gasteiger partial charge in [-0.05, 0) is 36.0 Å². The number of nitrogens with one attached hydrogen (secondary N) is 1. The Morgan fingerprint density at radius 3 is 2.35 bits per heavy atom. The quantitative estimate of drug-likeness (QED) is 0.889. The standard InChI is InChI=1S/C16H22FNO2/c1-15(2,3)13(19)10-18-14(20)16(8-9-16)11-4-6-12(17)7-5-11/h4-7,13,19H,8-10H2,1-3H3,(H,18,20). The molecule has 1 atom stereocenters. The van der Waals surface area contributed by atoms with E-state index in [1.165, 1.54) is 12.1 Å². The number of carbonyl (C=O) groups excluding carboxylic acids is 1. The molecule has 1 aromatic rings. The minimum Gasteiger partial charge on any atom is -0.391 e. The van der Waals surface area contributed by atoms with Crippen molar-refractivity contribution in [3.05, 3.63) is 35.6 Å². The molecule has 1 unspecified atom stereocenters. The molecule has 0 saturated heterocycles. The van der Waals surface area contributed by atoms with Gasteiger partial charge in [0.2, 0.25) is 5.91 Å². The molecule has 1 aromatic carbocycles. The van der Waals surface area contributed by atoms with E-state index in [0.29, 0.717) is 0 Å². The summed E-state index contributed by atoms with van der Waals surface area (Å²) in [5.74, 6) is -0.375. The molecule has 1 aliphatic carbocycles. The van der Waals surface area contributed by atoms with Crippen LogP contribution in [0.5, 0.6) is 0 Å². The van der Waals surface area contributed by atoms with E-state index in [1.54, 1.807) is 12.1 Å². The Balaban J connectivity index is 2.01. The number of hydrogen-bond acceptors (Lipinski definition) is 2. The van der Waals surface area contributed by atoms with Gasteiger partial charge >= 0.3 is 0 Å². The first kappa shape index (κ1) is 15.0. The lowest BCUT2D eigenvalue weighted by atomic mass is 9.88. The van der Waals surface area contributed by atoms with Gasteiger partial charge in [-0.15, -0.1) is 0 Å². The topological polar surface area (TPSA) is 49.3 Å². The maximum atomic E-state index is 12.9. The number of hydrogen-bond donors (Lipinski definition) is 2. The molecule has 0 bridgehead atoms. The maximum absolute atomic E-state index is 12.9. The van der Waals surface area contributed by atoms with Crippen molar-refractivity contribution in [1.29, 1.82) is 0 Å². The van der Waals surface area contributed by atoms with Crippen molar-refractivity contribution in [3.63, 3.8) is 0 Å². The van der Waals surface area contributed by atoms with Gasteiger partial charge in [-0.2, -0.15) is 0 Å². The second-order valence-electron chi connectivity index (χ2n) is 6.68. The van der Waals surface area contributed by atoms with Crippen LogP contribution < -0.4 is 5.32 Å². The molecule has 1 aliphatic rings. The molecular formula is C16H22FNO2. The van der Waals surface area contributed by atoms with Crippen LogP contribution in [0.15, 0.2) is 24.3 Å². The molecule has 4 heteroatoms. The molecular weight excluding hydrogens is 257 g/mol. The number of amides is 1. The van der Waals surface area contributed by atoms with Gasteiger partial charge in [-0.1, -0.05) is 32.9 Å². The molecule has 0 aliphatic heterocycles. The van der Waals surface area contributed by atoms with E-state index < -0.39 is 11.5 Å². The SMILES string of the molecule is CC(C)(C)C(O)CNC(=O)C1(c2ccc(F)cc2)CC1. The zero-order valence-electron chi connectivity index (χ0n) is 12.2. The predicted octanol–water partition coefficient (Wildman–Crippen LogP) is 2.38. The van der Waals surface area contributed by atoms with Crippen molar-refractivity contribution in [2.75, 3.05) is 6.54 Å². The van der Waals surface area contributed by atoms with E-state index in [4.69, 9.17) is 0 Å². The lowest BCUT2D eigenvalue weighted by Crippen LogP contribution is -2.43. The summed E-state index contributed by atoms with van der Waals surface area (Å²) >= 11 is 0. The zero-order chi connectivity index (χ0) is 15.0. The van der Waals surface area contributed by atoms with Gasteiger partial charge in [0.05, 0.1) is 11.5 Å². The van der Waals surface area contributed by atoms with Crippen LogP contribution in [0, 0.1) is 11.2 Å². The molecule has 1 saturated carbocycles. The monoisotopic (exact) mass is 279 g/mol. The van der Waals surface area contributed by atoms with Gasteiger partial charge < -0.3 is 10.4 Å². The number of rotatable bonds is 4. The summed E-state index contributed by atoms with van der Waals surface area (Å²) in [6.45, 7) is 6.02. The molecule has 20 heavy (non-hydrogen) atoms. The van der Waals surface area contributed by atoms with Gasteiger partial charge in [0.15, 0.2) is 0 Å². The maximum Gasteiger partial charge on any atom is 0.230 e. The molecule has 2 rings (SSSR count). The first-order valence-electron chi connectivity index (χ1n) is 6.98. The van der Waals surface area contributed by atoms with Gasteiger partial charge in [0.25, 0.3) is 0 Å². The van der Waals surface area contributed by atoms with Crippen LogP contribution in [0.25, 0.3) is 0 Å². The fourth-order valence-corrected chi connectivity index (χ4v) is 2.21. The smallest absolute Gasteiger partial charge is 0.230 e. The van der Waals surface area contributed by atoms with Crippen LogP contribution in [0.4, 0.5) is 4.39 Å². The number of carbonyl (C=O) groups is 1. The Kier molecular flexibility index (Phi) is 3.87. The van der Waals surface area contributed by atoms with Crippen LogP contribution >= 0.6 is 0 Å². The number of benzene rings is 1. The second-order valence-corrected chi connectivity index (χ2v) is 6.68. The van der Waals surface area contributed by atoms with Crippen molar-refractivity contribution < 1.29 is 14.3 Å². The Morgan fingerprint density at radius 2 is 1.90 bits per heavy atom. The van der Waals surface area contributed by atoms with Crippen LogP contribution in [0.1, 0.15) is 39.2 Å². The van der Waals surface area contributed by atoms with Gasteiger partial charge in [-0.25, -0.2) is 4.39 Å². The highest BCUT2D eigenvalue weighted by Crippen LogP contribution is 2.48. The first-order chi connectivity index (χ1) is 9.25. The van der Waals surface area contributed by atoms with E-state index in [2.05, 4.69) is 5.32 Å².